The summed E-state index contributed by atoms with van der Waals surface area (Å²) in [5.41, 5.74) is 7.65. The molecule has 0 radical (unpaired) electrons. The van der Waals surface area contributed by atoms with Crippen LogP contribution in [0.2, 0.25) is 0 Å². The molecule has 0 spiro atoms. The third-order valence-corrected chi connectivity index (χ3v) is 5.15. The summed E-state index contributed by atoms with van der Waals surface area (Å²) in [7, 11) is 1.42. The van der Waals surface area contributed by atoms with Gasteiger partial charge in [0.2, 0.25) is 5.95 Å². The Balaban J connectivity index is 1.57. The quantitative estimate of drug-likeness (QED) is 0.333. The number of nitrogens with zero attached hydrogens (tertiary/aromatic N) is 4. The van der Waals surface area contributed by atoms with Gasteiger partial charge in [-0.15, -0.1) is 5.10 Å². The van der Waals surface area contributed by atoms with E-state index in [1.54, 1.807) is 0 Å². The molecule has 2 heterocycles. The number of benzene rings is 1. The summed E-state index contributed by atoms with van der Waals surface area (Å²) in [5.74, 6) is 0.997. The van der Waals surface area contributed by atoms with E-state index < -0.39 is 0 Å². The van der Waals surface area contributed by atoms with E-state index >= 15 is 0 Å². The SMILES string of the molecule is COc1cc(O)c(CNc2nc(NC3CCCCC3N)nc3[nH]nnc23)cc1O. The first-order valence-electron chi connectivity index (χ1n) is 9.48. The second kappa shape index (κ2) is 7.95. The third-order valence-electron chi connectivity index (χ3n) is 5.15. The lowest BCUT2D eigenvalue weighted by molar-refractivity contribution is 0.367. The predicted octanol–water partition coefficient (Wildman–Crippen LogP) is 1.46. The number of anilines is 2. The van der Waals surface area contributed by atoms with E-state index in [0.717, 1.165) is 25.7 Å². The summed E-state index contributed by atoms with van der Waals surface area (Å²) in [6.45, 7) is 0.199. The van der Waals surface area contributed by atoms with Crippen molar-refractivity contribution in [2.45, 2.75) is 44.3 Å². The number of phenols is 2. The van der Waals surface area contributed by atoms with E-state index in [1.165, 1.54) is 19.2 Å². The first kappa shape index (κ1) is 19.0. The standard InChI is InChI=1S/C18H24N8O3/c1-29-14-7-12(27)9(6-13(14)28)8-20-16-15-17(25-26-24-15)23-18(22-16)21-11-5-3-2-4-10(11)19/h6-7,10-11,27-28H,2-5,8,19H2,1H3,(H3,20,21,22,23,24,25,26). The summed E-state index contributed by atoms with van der Waals surface area (Å²) in [4.78, 5) is 8.95. The van der Waals surface area contributed by atoms with Gasteiger partial charge in [0, 0.05) is 30.3 Å². The first-order valence-corrected chi connectivity index (χ1v) is 9.48. The van der Waals surface area contributed by atoms with Gasteiger partial charge in [-0.3, -0.25) is 0 Å². The van der Waals surface area contributed by atoms with E-state index in [2.05, 4.69) is 36.0 Å². The molecular weight excluding hydrogens is 376 g/mol. The maximum Gasteiger partial charge on any atom is 0.227 e. The van der Waals surface area contributed by atoms with Crippen molar-refractivity contribution in [3.05, 3.63) is 17.7 Å². The highest BCUT2D eigenvalue weighted by Crippen LogP contribution is 2.33. The van der Waals surface area contributed by atoms with Crippen LogP contribution < -0.4 is 21.1 Å². The summed E-state index contributed by atoms with van der Waals surface area (Å²) in [5, 5.41) is 37.2. The number of rotatable bonds is 6. The van der Waals surface area contributed by atoms with Gasteiger partial charge in [-0.05, 0) is 18.9 Å². The van der Waals surface area contributed by atoms with Crippen LogP contribution in [-0.2, 0) is 6.54 Å². The lowest BCUT2D eigenvalue weighted by Gasteiger charge is -2.29. The average Bonchev–Trinajstić information content (AvgIpc) is 3.18. The Morgan fingerprint density at radius 3 is 2.83 bits per heavy atom. The molecule has 0 bridgehead atoms. The van der Waals surface area contributed by atoms with Crippen molar-refractivity contribution in [1.29, 1.82) is 0 Å². The number of phenolic OH excluding ortho intramolecular Hbond substituents is 2. The van der Waals surface area contributed by atoms with E-state index in [0.29, 0.717) is 28.5 Å². The number of hydrogen-bond acceptors (Lipinski definition) is 10. The molecule has 3 aromatic rings. The van der Waals surface area contributed by atoms with Crippen LogP contribution in [0.15, 0.2) is 12.1 Å². The molecule has 1 aliphatic carbocycles. The molecule has 2 aromatic heterocycles. The van der Waals surface area contributed by atoms with Crippen molar-refractivity contribution in [3.8, 4) is 17.2 Å². The summed E-state index contributed by atoms with van der Waals surface area (Å²) < 4.78 is 5.00. The lowest BCUT2D eigenvalue weighted by atomic mass is 9.91. The largest absolute Gasteiger partial charge is 0.507 e. The molecule has 0 saturated heterocycles. The van der Waals surface area contributed by atoms with Gasteiger partial charge in [0.1, 0.15) is 5.75 Å². The van der Waals surface area contributed by atoms with Gasteiger partial charge in [0.05, 0.1) is 7.11 Å². The number of nitrogens with one attached hydrogen (secondary N) is 3. The second-order valence-corrected chi connectivity index (χ2v) is 7.11. The average molecular weight is 400 g/mol. The van der Waals surface area contributed by atoms with Crippen LogP contribution in [-0.4, -0.2) is 54.8 Å². The van der Waals surface area contributed by atoms with Gasteiger partial charge in [0.25, 0.3) is 0 Å². The van der Waals surface area contributed by atoms with Crippen molar-refractivity contribution in [2.75, 3.05) is 17.7 Å². The monoisotopic (exact) mass is 400 g/mol. The number of aromatic amines is 1. The summed E-state index contributed by atoms with van der Waals surface area (Å²) in [6.07, 6.45) is 4.18. The number of methoxy groups -OCH3 is 1. The Bertz CT molecular complexity index is 1010. The van der Waals surface area contributed by atoms with E-state index in [1.807, 2.05) is 0 Å². The number of ether oxygens (including phenoxy) is 1. The topological polar surface area (TPSA) is 167 Å². The Labute approximate surface area is 166 Å². The summed E-state index contributed by atoms with van der Waals surface area (Å²) in [6, 6.07) is 2.95. The minimum Gasteiger partial charge on any atom is -0.507 e. The van der Waals surface area contributed by atoms with Gasteiger partial charge in [-0.25, -0.2) is 5.10 Å². The molecule has 7 N–H and O–H groups in total. The molecular formula is C18H24N8O3. The Morgan fingerprint density at radius 2 is 2.03 bits per heavy atom. The molecule has 1 saturated carbocycles. The molecule has 1 aromatic carbocycles. The molecule has 2 unspecified atom stereocenters. The van der Waals surface area contributed by atoms with E-state index in [-0.39, 0.29) is 35.9 Å². The zero-order valence-corrected chi connectivity index (χ0v) is 16.0. The number of fused-ring (bicyclic) bond motifs is 1. The summed E-state index contributed by atoms with van der Waals surface area (Å²) >= 11 is 0. The Morgan fingerprint density at radius 1 is 1.21 bits per heavy atom. The molecule has 0 amide bonds. The highest BCUT2D eigenvalue weighted by atomic mass is 16.5. The van der Waals surface area contributed by atoms with Crippen molar-refractivity contribution in [2.24, 2.45) is 5.73 Å². The second-order valence-electron chi connectivity index (χ2n) is 7.11. The number of aromatic hydroxyl groups is 2. The number of H-pyrrole nitrogens is 1. The van der Waals surface area contributed by atoms with Crippen LogP contribution in [0.4, 0.5) is 11.8 Å². The van der Waals surface area contributed by atoms with Crippen LogP contribution in [0.1, 0.15) is 31.2 Å². The normalized spacial score (nSPS) is 19.2. The first-order chi connectivity index (χ1) is 14.0. The molecule has 2 atom stereocenters. The smallest absolute Gasteiger partial charge is 0.227 e. The lowest BCUT2D eigenvalue weighted by Crippen LogP contribution is -2.43. The minimum absolute atomic E-state index is 0.0101. The molecule has 1 fully saturated rings. The molecule has 0 aliphatic heterocycles. The molecule has 154 valence electrons. The van der Waals surface area contributed by atoms with Crippen LogP contribution in [0, 0.1) is 0 Å². The van der Waals surface area contributed by atoms with E-state index in [9.17, 15) is 10.2 Å². The van der Waals surface area contributed by atoms with Gasteiger partial charge in [-0.1, -0.05) is 18.1 Å². The van der Waals surface area contributed by atoms with E-state index in [4.69, 9.17) is 10.5 Å². The highest BCUT2D eigenvalue weighted by Gasteiger charge is 2.23. The van der Waals surface area contributed by atoms with Gasteiger partial charge < -0.3 is 31.3 Å². The fourth-order valence-electron chi connectivity index (χ4n) is 3.53. The number of hydrogen-bond donors (Lipinski definition) is 6. The molecule has 1 aliphatic rings. The minimum atomic E-state index is -0.0648. The van der Waals surface area contributed by atoms with Gasteiger partial charge >= 0.3 is 0 Å². The highest BCUT2D eigenvalue weighted by molar-refractivity contribution is 5.83. The van der Waals surface area contributed by atoms with Crippen molar-refractivity contribution in [1.82, 2.24) is 25.4 Å². The van der Waals surface area contributed by atoms with Crippen LogP contribution in [0.25, 0.3) is 11.2 Å². The molecule has 11 heteroatoms. The van der Waals surface area contributed by atoms with Crippen molar-refractivity contribution >= 4 is 22.9 Å². The van der Waals surface area contributed by atoms with Crippen molar-refractivity contribution in [3.63, 3.8) is 0 Å². The Hall–Kier alpha value is -3.34. The fourth-order valence-corrected chi connectivity index (χ4v) is 3.53. The maximum atomic E-state index is 10.2. The van der Waals surface area contributed by atoms with Crippen molar-refractivity contribution < 1.29 is 14.9 Å². The zero-order chi connectivity index (χ0) is 20.4. The van der Waals surface area contributed by atoms with Gasteiger partial charge in [-0.2, -0.15) is 9.97 Å². The number of aromatic nitrogens is 5. The molecule has 4 rings (SSSR count). The van der Waals surface area contributed by atoms with Crippen LogP contribution in [0.3, 0.4) is 0 Å². The Kier molecular flexibility index (Phi) is 5.21. The van der Waals surface area contributed by atoms with Crippen LogP contribution in [0.5, 0.6) is 17.2 Å². The zero-order valence-electron chi connectivity index (χ0n) is 16.0. The fraction of sp³-hybridized carbons (Fsp3) is 0.444. The van der Waals surface area contributed by atoms with Gasteiger partial charge in [0.15, 0.2) is 28.5 Å². The third kappa shape index (κ3) is 3.94. The molecule has 29 heavy (non-hydrogen) atoms. The maximum absolute atomic E-state index is 10.2. The predicted molar refractivity (Wildman–Crippen MR) is 107 cm³/mol. The van der Waals surface area contributed by atoms with Crippen LogP contribution >= 0.6 is 0 Å². The number of nitrogens with two attached hydrogens (primary N) is 1. The molecule has 11 nitrogen and oxygen atoms in total.